The number of para-hydroxylation sites is 1. The summed E-state index contributed by atoms with van der Waals surface area (Å²) in [5.74, 6) is -0.320. The zero-order valence-corrected chi connectivity index (χ0v) is 16.9. The first kappa shape index (κ1) is 20.1. The monoisotopic (exact) mass is 399 g/mol. The Morgan fingerprint density at radius 2 is 1.93 bits per heavy atom. The number of rotatable bonds is 6. The van der Waals surface area contributed by atoms with Crippen LogP contribution in [-0.2, 0) is 17.8 Å². The summed E-state index contributed by atoms with van der Waals surface area (Å²) in [5, 5.41) is 7.84. The van der Waals surface area contributed by atoms with Crippen molar-refractivity contribution < 1.29 is 9.18 Å². The lowest BCUT2D eigenvalue weighted by molar-refractivity contribution is -0.120. The number of aromatic nitrogens is 2. The summed E-state index contributed by atoms with van der Waals surface area (Å²) in [7, 11) is 0. The Morgan fingerprint density at radius 1 is 1.21 bits per heavy atom. The first-order valence-electron chi connectivity index (χ1n) is 9.21. The van der Waals surface area contributed by atoms with E-state index < -0.39 is 5.82 Å². The van der Waals surface area contributed by atoms with Gasteiger partial charge in [0.05, 0.1) is 23.5 Å². The van der Waals surface area contributed by atoms with Crippen LogP contribution < -0.4 is 5.32 Å². The number of benzene rings is 2. The van der Waals surface area contributed by atoms with Crippen LogP contribution in [0.5, 0.6) is 0 Å². The third-order valence-corrected chi connectivity index (χ3v) is 4.95. The highest BCUT2D eigenvalue weighted by Crippen LogP contribution is 2.26. The lowest BCUT2D eigenvalue weighted by atomic mass is 10.0. The van der Waals surface area contributed by atoms with Gasteiger partial charge in [0.2, 0.25) is 5.91 Å². The van der Waals surface area contributed by atoms with Gasteiger partial charge >= 0.3 is 0 Å². The molecule has 4 nitrogen and oxygen atoms in total. The molecule has 1 amide bonds. The SMILES string of the molecule is Cc1nn(-c2ccccc2)c(C(C)C)c1CC(=O)NCc1ccc(F)cc1Cl. The molecule has 0 spiro atoms. The van der Waals surface area contributed by atoms with Crippen LogP contribution in [-0.4, -0.2) is 15.7 Å². The molecule has 0 radical (unpaired) electrons. The fourth-order valence-electron chi connectivity index (χ4n) is 3.24. The van der Waals surface area contributed by atoms with Crippen LogP contribution in [0.4, 0.5) is 4.39 Å². The number of amides is 1. The Balaban J connectivity index is 1.80. The van der Waals surface area contributed by atoms with Crippen LogP contribution >= 0.6 is 11.6 Å². The van der Waals surface area contributed by atoms with Crippen molar-refractivity contribution in [3.63, 3.8) is 0 Å². The molecular formula is C22H23ClFN3O. The van der Waals surface area contributed by atoms with Gasteiger partial charge in [-0.1, -0.05) is 49.7 Å². The number of aryl methyl sites for hydroxylation is 1. The predicted molar refractivity (Wildman–Crippen MR) is 109 cm³/mol. The molecule has 0 atom stereocenters. The molecule has 1 aromatic heterocycles. The summed E-state index contributed by atoms with van der Waals surface area (Å²) < 4.78 is 15.1. The van der Waals surface area contributed by atoms with Gasteiger partial charge in [-0.3, -0.25) is 4.79 Å². The molecule has 0 saturated heterocycles. The fraction of sp³-hybridized carbons (Fsp3) is 0.273. The van der Waals surface area contributed by atoms with Gasteiger partial charge in [0, 0.05) is 17.1 Å². The number of halogens is 2. The lowest BCUT2D eigenvalue weighted by Crippen LogP contribution is -2.25. The van der Waals surface area contributed by atoms with E-state index in [-0.39, 0.29) is 24.8 Å². The van der Waals surface area contributed by atoms with Gasteiger partial charge in [-0.2, -0.15) is 5.10 Å². The average molecular weight is 400 g/mol. The molecule has 6 heteroatoms. The molecule has 0 unspecified atom stereocenters. The summed E-state index contributed by atoms with van der Waals surface area (Å²) in [4.78, 5) is 12.6. The van der Waals surface area contributed by atoms with E-state index in [0.717, 1.165) is 22.6 Å². The molecule has 146 valence electrons. The maximum absolute atomic E-state index is 13.2. The number of hydrogen-bond acceptors (Lipinski definition) is 2. The van der Waals surface area contributed by atoms with Gasteiger partial charge in [0.25, 0.3) is 0 Å². The molecule has 0 aliphatic heterocycles. The first-order valence-corrected chi connectivity index (χ1v) is 9.59. The third-order valence-electron chi connectivity index (χ3n) is 4.60. The van der Waals surface area contributed by atoms with Crippen LogP contribution in [0.15, 0.2) is 48.5 Å². The highest BCUT2D eigenvalue weighted by atomic mass is 35.5. The maximum atomic E-state index is 13.2. The summed E-state index contributed by atoms with van der Waals surface area (Å²) >= 11 is 6.03. The number of hydrogen-bond donors (Lipinski definition) is 1. The Hall–Kier alpha value is -2.66. The molecule has 0 fully saturated rings. The largest absolute Gasteiger partial charge is 0.352 e. The minimum absolute atomic E-state index is 0.127. The smallest absolute Gasteiger partial charge is 0.224 e. The summed E-state index contributed by atoms with van der Waals surface area (Å²) in [5.41, 5.74) is 4.44. The second-order valence-electron chi connectivity index (χ2n) is 7.04. The highest BCUT2D eigenvalue weighted by molar-refractivity contribution is 6.31. The van der Waals surface area contributed by atoms with Crippen molar-refractivity contribution in [3.8, 4) is 5.69 Å². The van der Waals surface area contributed by atoms with E-state index >= 15 is 0 Å². The molecule has 0 bridgehead atoms. The van der Waals surface area contributed by atoms with E-state index in [1.165, 1.54) is 12.1 Å². The minimum atomic E-state index is -0.398. The highest BCUT2D eigenvalue weighted by Gasteiger charge is 2.21. The predicted octanol–water partition coefficient (Wildman–Crippen LogP) is 4.96. The maximum Gasteiger partial charge on any atom is 0.224 e. The van der Waals surface area contributed by atoms with E-state index in [1.807, 2.05) is 41.9 Å². The quantitative estimate of drug-likeness (QED) is 0.637. The van der Waals surface area contributed by atoms with Crippen molar-refractivity contribution in [1.82, 2.24) is 15.1 Å². The van der Waals surface area contributed by atoms with Crippen LogP contribution in [0, 0.1) is 12.7 Å². The fourth-order valence-corrected chi connectivity index (χ4v) is 3.47. The molecule has 3 aromatic rings. The van der Waals surface area contributed by atoms with Crippen LogP contribution in [0.2, 0.25) is 5.02 Å². The standard InChI is InChI=1S/C22H23ClFN3O/c1-14(2)22-19(15(3)26-27(22)18-7-5-4-6-8-18)12-21(28)25-13-16-9-10-17(24)11-20(16)23/h4-11,14H,12-13H2,1-3H3,(H,25,28). The summed E-state index contributed by atoms with van der Waals surface area (Å²) in [6, 6.07) is 14.0. The topological polar surface area (TPSA) is 46.9 Å². The molecule has 0 aliphatic rings. The van der Waals surface area contributed by atoms with E-state index in [4.69, 9.17) is 11.6 Å². The summed E-state index contributed by atoms with van der Waals surface area (Å²) in [6.45, 7) is 6.36. The van der Waals surface area contributed by atoms with Crippen LogP contribution in [0.1, 0.15) is 42.3 Å². The van der Waals surface area contributed by atoms with E-state index in [2.05, 4.69) is 24.3 Å². The Kier molecular flexibility index (Phi) is 6.15. The van der Waals surface area contributed by atoms with Crippen molar-refractivity contribution in [2.75, 3.05) is 0 Å². The van der Waals surface area contributed by atoms with E-state index in [0.29, 0.717) is 10.6 Å². The van der Waals surface area contributed by atoms with E-state index in [1.54, 1.807) is 6.07 Å². The van der Waals surface area contributed by atoms with Gasteiger partial charge < -0.3 is 5.32 Å². The number of nitrogens with one attached hydrogen (secondary N) is 1. The third kappa shape index (κ3) is 4.42. The Morgan fingerprint density at radius 3 is 2.57 bits per heavy atom. The van der Waals surface area contributed by atoms with Crippen LogP contribution in [0.25, 0.3) is 5.69 Å². The number of nitrogens with zero attached hydrogens (tertiary/aromatic N) is 2. The van der Waals surface area contributed by atoms with Crippen molar-refractivity contribution in [2.45, 2.75) is 39.7 Å². The van der Waals surface area contributed by atoms with Gasteiger partial charge in [-0.15, -0.1) is 0 Å². The zero-order valence-electron chi connectivity index (χ0n) is 16.2. The molecule has 1 N–H and O–H groups in total. The zero-order chi connectivity index (χ0) is 20.3. The molecule has 0 aliphatic carbocycles. The van der Waals surface area contributed by atoms with Gasteiger partial charge in [0.15, 0.2) is 0 Å². The first-order chi connectivity index (χ1) is 13.4. The second kappa shape index (κ2) is 8.57. The number of carbonyl (C=O) groups excluding carboxylic acids is 1. The molecule has 1 heterocycles. The molecule has 0 saturated carbocycles. The minimum Gasteiger partial charge on any atom is -0.352 e. The Labute approximate surface area is 169 Å². The van der Waals surface area contributed by atoms with Crippen molar-refractivity contribution in [3.05, 3.63) is 81.9 Å². The molecule has 2 aromatic carbocycles. The van der Waals surface area contributed by atoms with Crippen molar-refractivity contribution in [2.24, 2.45) is 0 Å². The molecular weight excluding hydrogens is 377 g/mol. The average Bonchev–Trinajstić information content (AvgIpc) is 2.98. The second-order valence-corrected chi connectivity index (χ2v) is 7.45. The van der Waals surface area contributed by atoms with E-state index in [9.17, 15) is 9.18 Å². The van der Waals surface area contributed by atoms with Gasteiger partial charge in [0.1, 0.15) is 5.82 Å². The number of carbonyl (C=O) groups is 1. The normalized spacial score (nSPS) is 11.1. The van der Waals surface area contributed by atoms with Crippen molar-refractivity contribution >= 4 is 17.5 Å². The van der Waals surface area contributed by atoms with Crippen LogP contribution in [0.3, 0.4) is 0 Å². The molecule has 28 heavy (non-hydrogen) atoms. The van der Waals surface area contributed by atoms with Gasteiger partial charge in [-0.05, 0) is 42.7 Å². The molecule has 3 rings (SSSR count). The summed E-state index contributed by atoms with van der Waals surface area (Å²) in [6.07, 6.45) is 0.227. The van der Waals surface area contributed by atoms with Crippen molar-refractivity contribution in [1.29, 1.82) is 0 Å². The Bertz CT molecular complexity index is 983. The lowest BCUT2D eigenvalue weighted by Gasteiger charge is -2.13. The van der Waals surface area contributed by atoms with Gasteiger partial charge in [-0.25, -0.2) is 9.07 Å².